The van der Waals surface area contributed by atoms with Crippen molar-refractivity contribution in [3.05, 3.63) is 16.6 Å². The van der Waals surface area contributed by atoms with E-state index in [9.17, 15) is 0 Å². The minimum atomic E-state index is 0.935. The predicted octanol–water partition coefficient (Wildman–Crippen LogP) is 1.86. The lowest BCUT2D eigenvalue weighted by Crippen LogP contribution is -1.83. The van der Waals surface area contributed by atoms with E-state index in [1.54, 1.807) is 6.20 Å². The summed E-state index contributed by atoms with van der Waals surface area (Å²) in [4.78, 5) is 5.05. The van der Waals surface area contributed by atoms with Crippen LogP contribution in [0.15, 0.2) is 10.8 Å². The lowest BCUT2D eigenvalue weighted by molar-refractivity contribution is 1.04. The van der Waals surface area contributed by atoms with Gasteiger partial charge in [0.15, 0.2) is 0 Å². The Morgan fingerprint density at radius 3 is 3.20 bits per heavy atom. The summed E-state index contributed by atoms with van der Waals surface area (Å²) in [6.45, 7) is 1.95. The third kappa shape index (κ3) is 0.705. The Kier molecular flexibility index (Phi) is 1.28. The van der Waals surface area contributed by atoms with E-state index in [1.807, 2.05) is 11.3 Å². The fourth-order valence-electron chi connectivity index (χ4n) is 0.820. The SMILES string of the molecule is Cc1nsc2ncc(Br)n12. The van der Waals surface area contributed by atoms with E-state index >= 15 is 0 Å². The summed E-state index contributed by atoms with van der Waals surface area (Å²) in [7, 11) is 0. The van der Waals surface area contributed by atoms with Crippen molar-refractivity contribution in [1.29, 1.82) is 0 Å². The summed E-state index contributed by atoms with van der Waals surface area (Å²) in [5.74, 6) is 0.976. The molecule has 0 N–H and O–H groups in total. The summed E-state index contributed by atoms with van der Waals surface area (Å²) in [6, 6.07) is 0. The van der Waals surface area contributed by atoms with Crippen LogP contribution in [-0.4, -0.2) is 13.8 Å². The van der Waals surface area contributed by atoms with Crippen LogP contribution in [0.4, 0.5) is 0 Å². The summed E-state index contributed by atoms with van der Waals surface area (Å²) in [5.41, 5.74) is 0. The molecule has 5 heteroatoms. The van der Waals surface area contributed by atoms with Gasteiger partial charge in [0.05, 0.1) is 6.20 Å². The molecule has 2 rings (SSSR count). The van der Waals surface area contributed by atoms with Crippen LogP contribution in [0.2, 0.25) is 0 Å². The zero-order valence-electron chi connectivity index (χ0n) is 5.21. The van der Waals surface area contributed by atoms with Gasteiger partial charge in [-0.3, -0.25) is 4.40 Å². The first-order chi connectivity index (χ1) is 4.79. The lowest BCUT2D eigenvalue weighted by Gasteiger charge is -1.85. The predicted molar refractivity (Wildman–Crippen MR) is 43.3 cm³/mol. The van der Waals surface area contributed by atoms with Gasteiger partial charge < -0.3 is 0 Å². The van der Waals surface area contributed by atoms with Crippen molar-refractivity contribution in [3.63, 3.8) is 0 Å². The van der Waals surface area contributed by atoms with E-state index in [0.29, 0.717) is 0 Å². The minimum Gasteiger partial charge on any atom is -0.264 e. The lowest BCUT2D eigenvalue weighted by atomic mass is 10.7. The Morgan fingerprint density at radius 1 is 1.70 bits per heavy atom. The molecule has 0 fully saturated rings. The first kappa shape index (κ1) is 6.30. The van der Waals surface area contributed by atoms with Crippen LogP contribution in [0.25, 0.3) is 4.96 Å². The van der Waals surface area contributed by atoms with E-state index in [4.69, 9.17) is 0 Å². The van der Waals surface area contributed by atoms with Gasteiger partial charge in [0.25, 0.3) is 0 Å². The van der Waals surface area contributed by atoms with Gasteiger partial charge in [-0.25, -0.2) is 4.98 Å². The molecule has 0 aliphatic rings. The van der Waals surface area contributed by atoms with E-state index in [2.05, 4.69) is 25.3 Å². The van der Waals surface area contributed by atoms with Gasteiger partial charge >= 0.3 is 0 Å². The fraction of sp³-hybridized carbons (Fsp3) is 0.200. The number of aromatic nitrogens is 3. The number of halogens is 1. The standard InChI is InChI=1S/C5H4BrN3S/c1-3-8-10-5-7-2-4(6)9(3)5/h2H,1H3. The number of nitrogens with zero attached hydrogens (tertiary/aromatic N) is 3. The maximum absolute atomic E-state index is 4.13. The third-order valence-electron chi connectivity index (χ3n) is 1.27. The van der Waals surface area contributed by atoms with Crippen molar-refractivity contribution in [3.8, 4) is 0 Å². The molecule has 0 bridgehead atoms. The molecular weight excluding hydrogens is 214 g/mol. The highest BCUT2D eigenvalue weighted by Crippen LogP contribution is 2.17. The molecule has 52 valence electrons. The van der Waals surface area contributed by atoms with Gasteiger partial charge in [-0.1, -0.05) is 0 Å². The van der Waals surface area contributed by atoms with Crippen LogP contribution < -0.4 is 0 Å². The van der Waals surface area contributed by atoms with Crippen LogP contribution in [0, 0.1) is 6.92 Å². The van der Waals surface area contributed by atoms with Crippen molar-refractivity contribution in [2.45, 2.75) is 6.92 Å². The molecule has 2 heterocycles. The molecule has 0 saturated carbocycles. The molecule has 0 aliphatic heterocycles. The van der Waals surface area contributed by atoms with E-state index < -0.39 is 0 Å². The van der Waals surface area contributed by atoms with Crippen LogP contribution in [0.5, 0.6) is 0 Å². The van der Waals surface area contributed by atoms with Crippen molar-refractivity contribution in [1.82, 2.24) is 13.8 Å². The number of fused-ring (bicyclic) bond motifs is 1. The fourth-order valence-corrected chi connectivity index (χ4v) is 2.17. The molecule has 0 aliphatic carbocycles. The molecule has 0 unspecified atom stereocenters. The number of rotatable bonds is 0. The monoisotopic (exact) mass is 217 g/mol. The first-order valence-corrected chi connectivity index (χ1v) is 4.31. The molecule has 0 spiro atoms. The maximum atomic E-state index is 4.13. The Balaban J connectivity index is 2.98. The Labute approximate surface area is 70.0 Å². The average Bonchev–Trinajstić information content (AvgIpc) is 2.40. The molecule has 0 amide bonds. The van der Waals surface area contributed by atoms with E-state index in [-0.39, 0.29) is 0 Å². The summed E-state index contributed by atoms with van der Waals surface area (Å²) >= 11 is 4.77. The average molecular weight is 218 g/mol. The summed E-state index contributed by atoms with van der Waals surface area (Å²) in [5, 5.41) is 0. The normalized spacial score (nSPS) is 11.0. The molecule has 0 saturated heterocycles. The van der Waals surface area contributed by atoms with Crippen molar-refractivity contribution >= 4 is 32.4 Å². The second-order valence-corrected chi connectivity index (χ2v) is 3.47. The van der Waals surface area contributed by atoms with Crippen LogP contribution in [0.1, 0.15) is 5.82 Å². The van der Waals surface area contributed by atoms with Gasteiger partial charge in [-0.2, -0.15) is 4.37 Å². The van der Waals surface area contributed by atoms with Crippen molar-refractivity contribution < 1.29 is 0 Å². The second kappa shape index (κ2) is 2.03. The van der Waals surface area contributed by atoms with E-state index in [0.717, 1.165) is 15.4 Å². The van der Waals surface area contributed by atoms with Crippen molar-refractivity contribution in [2.75, 3.05) is 0 Å². The molecule has 0 aromatic carbocycles. The Bertz CT molecular complexity index is 332. The zero-order valence-corrected chi connectivity index (χ0v) is 7.61. The number of hydrogen-bond donors (Lipinski definition) is 0. The molecule has 2 aromatic rings. The van der Waals surface area contributed by atoms with Gasteiger partial charge in [0.2, 0.25) is 4.96 Å². The first-order valence-electron chi connectivity index (χ1n) is 2.74. The molecule has 0 atom stereocenters. The van der Waals surface area contributed by atoms with Gasteiger partial charge in [0, 0.05) is 11.5 Å². The third-order valence-corrected chi connectivity index (χ3v) is 2.64. The molecule has 2 aromatic heterocycles. The highest BCUT2D eigenvalue weighted by Gasteiger charge is 2.04. The van der Waals surface area contributed by atoms with Gasteiger partial charge in [0.1, 0.15) is 10.4 Å². The Hall–Kier alpha value is -0.420. The smallest absolute Gasteiger partial charge is 0.214 e. The highest BCUT2D eigenvalue weighted by molar-refractivity contribution is 9.10. The van der Waals surface area contributed by atoms with Gasteiger partial charge in [-0.15, -0.1) is 0 Å². The second-order valence-electron chi connectivity index (χ2n) is 1.93. The highest BCUT2D eigenvalue weighted by atomic mass is 79.9. The van der Waals surface area contributed by atoms with Crippen LogP contribution in [0.3, 0.4) is 0 Å². The van der Waals surface area contributed by atoms with E-state index in [1.165, 1.54) is 11.5 Å². The summed E-state index contributed by atoms with van der Waals surface area (Å²) < 4.78 is 7.06. The van der Waals surface area contributed by atoms with Crippen LogP contribution >= 0.6 is 27.5 Å². The topological polar surface area (TPSA) is 30.2 Å². The number of aryl methyl sites for hydroxylation is 1. The zero-order chi connectivity index (χ0) is 7.14. The van der Waals surface area contributed by atoms with Crippen molar-refractivity contribution in [2.24, 2.45) is 0 Å². The molecule has 10 heavy (non-hydrogen) atoms. The molecular formula is C5H4BrN3S. The number of imidazole rings is 1. The quantitative estimate of drug-likeness (QED) is 0.675. The molecule has 0 radical (unpaired) electrons. The van der Waals surface area contributed by atoms with Crippen LogP contribution in [-0.2, 0) is 0 Å². The molecule has 3 nitrogen and oxygen atoms in total. The summed E-state index contributed by atoms with van der Waals surface area (Å²) in [6.07, 6.45) is 1.78. The van der Waals surface area contributed by atoms with Gasteiger partial charge in [-0.05, 0) is 22.9 Å². The maximum Gasteiger partial charge on any atom is 0.214 e. The largest absolute Gasteiger partial charge is 0.264 e. The minimum absolute atomic E-state index is 0.935. The Morgan fingerprint density at radius 2 is 2.50 bits per heavy atom. The number of hydrogen-bond acceptors (Lipinski definition) is 3.